The Morgan fingerprint density at radius 3 is 3.05 bits per heavy atom. The van der Waals surface area contributed by atoms with Gasteiger partial charge in [0.2, 0.25) is 5.95 Å². The highest BCUT2D eigenvalue weighted by atomic mass is 16.6. The number of fused-ring (bicyclic) bond motifs is 1. The molecule has 0 spiro atoms. The average Bonchev–Trinajstić information content (AvgIpc) is 2.82. The quantitative estimate of drug-likeness (QED) is 0.552. The van der Waals surface area contributed by atoms with Gasteiger partial charge in [0.1, 0.15) is 19.4 Å². The lowest BCUT2D eigenvalue weighted by Gasteiger charge is -2.15. The Labute approximate surface area is 118 Å². The van der Waals surface area contributed by atoms with E-state index in [4.69, 9.17) is 20.3 Å². The van der Waals surface area contributed by atoms with Crippen molar-refractivity contribution in [1.82, 2.24) is 19.5 Å². The van der Waals surface area contributed by atoms with Crippen LogP contribution in [0.2, 0.25) is 0 Å². The summed E-state index contributed by atoms with van der Waals surface area (Å²) in [5.74, 6) is -0.501. The summed E-state index contributed by atoms with van der Waals surface area (Å²) in [5.41, 5.74) is 5.42. The number of H-pyrrole nitrogens is 1. The second kappa shape index (κ2) is 6.33. The van der Waals surface area contributed by atoms with Gasteiger partial charge in [0.25, 0.3) is 5.56 Å². The Balaban J connectivity index is 2.09. The van der Waals surface area contributed by atoms with Crippen molar-refractivity contribution in [3.05, 3.63) is 16.7 Å². The Morgan fingerprint density at radius 2 is 2.38 bits per heavy atom. The number of hydrogen-bond acceptors (Lipinski definition) is 8. The van der Waals surface area contributed by atoms with E-state index >= 15 is 0 Å². The number of hydrogen-bond donors (Lipinski definition) is 3. The molecule has 2 aromatic rings. The van der Waals surface area contributed by atoms with Gasteiger partial charge in [-0.2, -0.15) is 4.98 Å². The van der Waals surface area contributed by atoms with Crippen LogP contribution in [0.4, 0.5) is 5.95 Å². The number of aliphatic hydroxyl groups is 1. The normalized spacial score (nSPS) is 12.5. The van der Waals surface area contributed by atoms with Crippen LogP contribution < -0.4 is 11.3 Å². The monoisotopic (exact) mass is 297 g/mol. The number of nitrogens with one attached hydrogen (secondary N) is 1. The van der Waals surface area contributed by atoms with Crippen LogP contribution in [-0.2, 0) is 21.0 Å². The largest absolute Gasteiger partial charge is 0.463 e. The predicted molar refractivity (Wildman–Crippen MR) is 71.2 cm³/mol. The van der Waals surface area contributed by atoms with E-state index < -0.39 is 17.6 Å². The molecule has 0 saturated heterocycles. The third kappa shape index (κ3) is 3.55. The number of carbonyl (C=O) groups is 1. The van der Waals surface area contributed by atoms with Gasteiger partial charge in [0, 0.05) is 6.92 Å². The molecular weight excluding hydrogens is 282 g/mol. The summed E-state index contributed by atoms with van der Waals surface area (Å²) >= 11 is 0. The molecule has 114 valence electrons. The minimum absolute atomic E-state index is 0.0289. The number of nitrogen functional groups attached to an aromatic ring is 1. The second-order valence-electron chi connectivity index (χ2n) is 4.24. The van der Waals surface area contributed by atoms with Gasteiger partial charge in [-0.05, 0) is 0 Å². The second-order valence-corrected chi connectivity index (χ2v) is 4.24. The van der Waals surface area contributed by atoms with Crippen molar-refractivity contribution in [3.63, 3.8) is 0 Å². The molecular formula is C11H15N5O5. The molecule has 0 unspecified atom stereocenters. The molecule has 2 heterocycles. The molecule has 0 aliphatic heterocycles. The van der Waals surface area contributed by atoms with Crippen LogP contribution in [0.5, 0.6) is 0 Å². The van der Waals surface area contributed by atoms with Crippen molar-refractivity contribution in [2.45, 2.75) is 19.8 Å². The summed E-state index contributed by atoms with van der Waals surface area (Å²) in [5, 5.41) is 9.14. The molecule has 0 bridgehead atoms. The number of aliphatic hydroxyl groups excluding tert-OH is 1. The SMILES string of the molecule is CC(=O)OC[C@@H](CO)OCn1cnc2c(=O)[nH]c(N)nc21. The molecule has 4 N–H and O–H groups in total. The number of aromatic amines is 1. The van der Waals surface area contributed by atoms with Gasteiger partial charge in [0.05, 0.1) is 12.9 Å². The van der Waals surface area contributed by atoms with E-state index in [-0.39, 0.29) is 37.1 Å². The first-order valence-corrected chi connectivity index (χ1v) is 6.07. The summed E-state index contributed by atoms with van der Waals surface area (Å²) < 4.78 is 11.6. The lowest BCUT2D eigenvalue weighted by molar-refractivity contribution is -0.147. The number of nitrogens with zero attached hydrogens (tertiary/aromatic N) is 3. The maximum atomic E-state index is 11.6. The summed E-state index contributed by atoms with van der Waals surface area (Å²) in [4.78, 5) is 32.5. The first-order chi connectivity index (χ1) is 10.0. The minimum Gasteiger partial charge on any atom is -0.463 e. The molecule has 0 saturated carbocycles. The molecule has 10 nitrogen and oxygen atoms in total. The van der Waals surface area contributed by atoms with Gasteiger partial charge in [-0.1, -0.05) is 0 Å². The van der Waals surface area contributed by atoms with Gasteiger partial charge in [-0.3, -0.25) is 19.1 Å². The van der Waals surface area contributed by atoms with Crippen LogP contribution in [-0.4, -0.2) is 49.9 Å². The fourth-order valence-electron chi connectivity index (χ4n) is 1.61. The molecule has 0 fully saturated rings. The first kappa shape index (κ1) is 14.9. The Morgan fingerprint density at radius 1 is 1.62 bits per heavy atom. The van der Waals surface area contributed by atoms with E-state index in [2.05, 4.69) is 15.0 Å². The van der Waals surface area contributed by atoms with Crippen LogP contribution in [0.1, 0.15) is 6.92 Å². The Kier molecular flexibility index (Phi) is 4.50. The fourth-order valence-corrected chi connectivity index (χ4v) is 1.61. The number of esters is 1. The van der Waals surface area contributed by atoms with E-state index in [1.165, 1.54) is 17.8 Å². The van der Waals surface area contributed by atoms with Crippen molar-refractivity contribution in [2.75, 3.05) is 18.9 Å². The number of aromatic nitrogens is 4. The maximum absolute atomic E-state index is 11.6. The summed E-state index contributed by atoms with van der Waals surface area (Å²) in [6.45, 7) is 0.834. The lowest BCUT2D eigenvalue weighted by Crippen LogP contribution is -2.26. The highest BCUT2D eigenvalue weighted by Gasteiger charge is 2.13. The Bertz CT molecular complexity index is 694. The maximum Gasteiger partial charge on any atom is 0.302 e. The van der Waals surface area contributed by atoms with Crippen molar-refractivity contribution in [2.24, 2.45) is 0 Å². The highest BCUT2D eigenvalue weighted by molar-refractivity contribution is 5.70. The number of carbonyl (C=O) groups excluding carboxylic acids is 1. The van der Waals surface area contributed by atoms with Gasteiger partial charge in [-0.25, -0.2) is 4.98 Å². The van der Waals surface area contributed by atoms with Crippen molar-refractivity contribution >= 4 is 23.1 Å². The lowest BCUT2D eigenvalue weighted by atomic mass is 10.4. The minimum atomic E-state index is -0.689. The molecule has 0 aliphatic rings. The zero-order valence-corrected chi connectivity index (χ0v) is 11.3. The van der Waals surface area contributed by atoms with Crippen LogP contribution in [0, 0.1) is 0 Å². The van der Waals surface area contributed by atoms with Crippen molar-refractivity contribution in [3.8, 4) is 0 Å². The van der Waals surface area contributed by atoms with Crippen LogP contribution in [0.25, 0.3) is 11.2 Å². The van der Waals surface area contributed by atoms with E-state index in [0.29, 0.717) is 0 Å². The van der Waals surface area contributed by atoms with Crippen molar-refractivity contribution in [1.29, 1.82) is 0 Å². The summed E-state index contributed by atoms with van der Waals surface area (Å²) in [7, 11) is 0. The number of rotatable bonds is 6. The zero-order chi connectivity index (χ0) is 15.4. The molecule has 2 rings (SSSR count). The standard InChI is InChI=1S/C11H15N5O5/c1-6(18)20-3-7(2-17)21-5-16-4-13-8-9(16)14-11(12)15-10(8)19/h4,7,17H,2-3,5H2,1H3,(H3,12,14,15,19)/t7-/m1/s1. The highest BCUT2D eigenvalue weighted by Crippen LogP contribution is 2.07. The van der Waals surface area contributed by atoms with Crippen LogP contribution in [0.3, 0.4) is 0 Å². The van der Waals surface area contributed by atoms with Crippen molar-refractivity contribution < 1.29 is 19.4 Å². The van der Waals surface area contributed by atoms with E-state index in [9.17, 15) is 9.59 Å². The summed E-state index contributed by atoms with van der Waals surface area (Å²) in [6.07, 6.45) is 0.678. The van der Waals surface area contributed by atoms with E-state index in [0.717, 1.165) is 0 Å². The van der Waals surface area contributed by atoms with Gasteiger partial charge in [0.15, 0.2) is 11.2 Å². The molecule has 2 aromatic heterocycles. The Hall–Kier alpha value is -2.46. The smallest absolute Gasteiger partial charge is 0.302 e. The predicted octanol–water partition coefficient (Wildman–Crippen LogP) is -1.40. The zero-order valence-electron chi connectivity index (χ0n) is 11.3. The summed E-state index contributed by atoms with van der Waals surface area (Å²) in [6, 6.07) is 0. The number of nitrogens with two attached hydrogens (primary N) is 1. The fraction of sp³-hybridized carbons (Fsp3) is 0.455. The molecule has 0 radical (unpaired) electrons. The van der Waals surface area contributed by atoms with Crippen LogP contribution >= 0.6 is 0 Å². The molecule has 0 aliphatic carbocycles. The molecule has 21 heavy (non-hydrogen) atoms. The number of anilines is 1. The molecule has 10 heteroatoms. The van der Waals surface area contributed by atoms with Gasteiger partial charge >= 0.3 is 5.97 Å². The molecule has 1 atom stereocenters. The first-order valence-electron chi connectivity index (χ1n) is 6.07. The molecule has 0 amide bonds. The third-order valence-electron chi connectivity index (χ3n) is 2.62. The van der Waals surface area contributed by atoms with Gasteiger partial charge in [-0.15, -0.1) is 0 Å². The van der Waals surface area contributed by atoms with Crippen LogP contribution in [0.15, 0.2) is 11.1 Å². The van der Waals surface area contributed by atoms with E-state index in [1.807, 2.05) is 0 Å². The molecule has 0 aromatic carbocycles. The topological polar surface area (TPSA) is 145 Å². The third-order valence-corrected chi connectivity index (χ3v) is 2.62. The van der Waals surface area contributed by atoms with Gasteiger partial charge < -0.3 is 20.3 Å². The van der Waals surface area contributed by atoms with E-state index in [1.54, 1.807) is 0 Å². The number of imidazole rings is 1. The average molecular weight is 297 g/mol. The number of ether oxygens (including phenoxy) is 2.